The number of rotatable bonds is 8. The minimum atomic E-state index is -2.27. The maximum absolute atomic E-state index is 7.85. The summed E-state index contributed by atoms with van der Waals surface area (Å²) in [5, 5.41) is 3.05. The van der Waals surface area contributed by atoms with E-state index in [4.69, 9.17) is 17.6 Å². The van der Waals surface area contributed by atoms with Gasteiger partial charge in [0.15, 0.2) is 17.6 Å². The van der Waals surface area contributed by atoms with Crippen molar-refractivity contribution in [3.8, 4) is 24.7 Å². The van der Waals surface area contributed by atoms with E-state index in [-0.39, 0.29) is 0 Å². The molecule has 0 N–H and O–H groups in total. The molecule has 2 unspecified atom stereocenters. The largest absolute Gasteiger partial charge is 0.349 e. The second-order valence-electron chi connectivity index (χ2n) is 12.9. The third-order valence-electron chi connectivity index (χ3n) is 8.32. The van der Waals surface area contributed by atoms with E-state index in [2.05, 4.69) is 175 Å². The lowest BCUT2D eigenvalue weighted by Gasteiger charge is -2.55. The summed E-state index contributed by atoms with van der Waals surface area (Å²) in [6.45, 7) is 13.3. The molecular weight excluding hydrogens is 529 g/mol. The zero-order chi connectivity index (χ0) is 29.7. The van der Waals surface area contributed by atoms with Gasteiger partial charge in [-0.1, -0.05) is 195 Å². The molecule has 0 amide bonds. The van der Waals surface area contributed by atoms with Gasteiger partial charge in [-0.15, -0.1) is 12.8 Å². The Morgan fingerprint density at radius 2 is 0.659 bits per heavy atom. The van der Waals surface area contributed by atoms with Crippen molar-refractivity contribution < 1.29 is 4.74 Å². The lowest BCUT2D eigenvalue weighted by atomic mass is 9.85. The molecule has 2 atom stereocenters. The number of terminal acetylenes is 2. The van der Waals surface area contributed by atoms with Crippen molar-refractivity contribution in [2.75, 3.05) is 0 Å². The van der Waals surface area contributed by atoms with Crippen molar-refractivity contribution in [3.05, 3.63) is 121 Å². The van der Waals surface area contributed by atoms with Crippen LogP contribution in [0.15, 0.2) is 121 Å². The molecule has 4 aromatic carbocycles. The van der Waals surface area contributed by atoms with Gasteiger partial charge in [0.1, 0.15) is 10.4 Å². The molecule has 0 radical (unpaired) electrons. The minimum Gasteiger partial charge on any atom is -0.349 e. The SMILES string of the molecule is C#CC(OC(C#C)([SiH](c1ccccc1)c1ccccc1)C(C)(C)C)([SiH](c1ccccc1)c1ccccc1)C(C)(C)C. The Labute approximate surface area is 251 Å². The van der Waals surface area contributed by atoms with Gasteiger partial charge >= 0.3 is 0 Å². The standard InChI is InChI=1S/C38H42OSi2/c1-9-37(35(3,4)5,40(31-23-15-11-16-24-31)32-25-17-12-18-26-32)39-38(10-2,36(6,7)8)41(33-27-19-13-20-28-33)34-29-21-14-22-30-34/h1-2,11-30,40-41H,3-8H3. The Morgan fingerprint density at radius 1 is 0.439 bits per heavy atom. The highest BCUT2D eigenvalue weighted by molar-refractivity contribution is 6.89. The molecule has 0 spiro atoms. The van der Waals surface area contributed by atoms with Crippen molar-refractivity contribution in [3.63, 3.8) is 0 Å². The van der Waals surface area contributed by atoms with Gasteiger partial charge in [-0.2, -0.15) is 0 Å². The Morgan fingerprint density at radius 3 is 0.829 bits per heavy atom. The van der Waals surface area contributed by atoms with Crippen LogP contribution in [0.2, 0.25) is 0 Å². The molecule has 0 aliphatic carbocycles. The summed E-state index contributed by atoms with van der Waals surface area (Å²) >= 11 is 0. The second-order valence-corrected chi connectivity index (χ2v) is 18.9. The predicted molar refractivity (Wildman–Crippen MR) is 182 cm³/mol. The van der Waals surface area contributed by atoms with Crippen LogP contribution in [0, 0.1) is 35.5 Å². The van der Waals surface area contributed by atoms with Gasteiger partial charge in [0.2, 0.25) is 0 Å². The molecule has 1 nitrogen and oxygen atoms in total. The van der Waals surface area contributed by atoms with Crippen LogP contribution in [0.3, 0.4) is 0 Å². The molecule has 0 aromatic heterocycles. The molecule has 0 aliphatic rings. The molecule has 41 heavy (non-hydrogen) atoms. The summed E-state index contributed by atoms with van der Waals surface area (Å²) in [7, 11) is -4.54. The topological polar surface area (TPSA) is 9.23 Å². The van der Waals surface area contributed by atoms with Gasteiger partial charge in [-0.25, -0.2) is 0 Å². The summed E-state index contributed by atoms with van der Waals surface area (Å²) in [5.41, 5.74) is -0.853. The van der Waals surface area contributed by atoms with Crippen LogP contribution < -0.4 is 20.7 Å². The zero-order valence-corrected chi connectivity index (χ0v) is 27.6. The molecule has 3 heteroatoms. The minimum absolute atomic E-state index is 0.427. The summed E-state index contributed by atoms with van der Waals surface area (Å²) in [6, 6.07) is 42.8. The van der Waals surface area contributed by atoms with Gasteiger partial charge in [-0.3, -0.25) is 0 Å². The van der Waals surface area contributed by atoms with E-state index in [0.717, 1.165) is 0 Å². The fourth-order valence-corrected chi connectivity index (χ4v) is 14.0. The van der Waals surface area contributed by atoms with E-state index >= 15 is 0 Å². The summed E-state index contributed by atoms with van der Waals surface area (Å²) < 4.78 is 7.85. The summed E-state index contributed by atoms with van der Waals surface area (Å²) in [6.07, 6.45) is 13.5. The molecule has 208 valence electrons. The Balaban J connectivity index is 2.10. The number of ether oxygens (including phenoxy) is 1. The van der Waals surface area contributed by atoms with Gasteiger partial charge in [-0.05, 0) is 10.8 Å². The highest BCUT2D eigenvalue weighted by Gasteiger charge is 2.60. The van der Waals surface area contributed by atoms with Crippen molar-refractivity contribution in [1.82, 2.24) is 0 Å². The van der Waals surface area contributed by atoms with Crippen LogP contribution in [-0.2, 0) is 4.74 Å². The highest BCUT2D eigenvalue weighted by Crippen LogP contribution is 2.45. The molecule has 0 fully saturated rings. The van der Waals surface area contributed by atoms with Gasteiger partial charge in [0.25, 0.3) is 0 Å². The average Bonchev–Trinajstić information content (AvgIpc) is 2.97. The lowest BCUT2D eigenvalue weighted by molar-refractivity contribution is -0.107. The van der Waals surface area contributed by atoms with Crippen molar-refractivity contribution >= 4 is 38.3 Å². The van der Waals surface area contributed by atoms with E-state index in [0.29, 0.717) is 0 Å². The van der Waals surface area contributed by atoms with Gasteiger partial charge < -0.3 is 4.74 Å². The van der Waals surface area contributed by atoms with Crippen molar-refractivity contribution in [1.29, 1.82) is 0 Å². The van der Waals surface area contributed by atoms with Crippen molar-refractivity contribution in [2.24, 2.45) is 10.8 Å². The number of benzene rings is 4. The molecule has 0 saturated heterocycles. The summed E-state index contributed by atoms with van der Waals surface area (Å²) in [5.74, 6) is 6.68. The molecule has 4 rings (SSSR count). The smallest absolute Gasteiger partial charge is 0.154 e. The first-order chi connectivity index (χ1) is 19.5. The maximum Gasteiger partial charge on any atom is 0.154 e. The highest BCUT2D eigenvalue weighted by atomic mass is 28.3. The van der Waals surface area contributed by atoms with Crippen LogP contribution in [0.4, 0.5) is 0 Å². The molecular formula is C38H42OSi2. The first kappa shape index (κ1) is 30.4. The molecule has 0 saturated carbocycles. The van der Waals surface area contributed by atoms with Crippen LogP contribution in [0.5, 0.6) is 0 Å². The fraction of sp³-hybridized carbons (Fsp3) is 0.263. The molecule has 0 aliphatic heterocycles. The monoisotopic (exact) mass is 570 g/mol. The average molecular weight is 571 g/mol. The Hall–Kier alpha value is -3.61. The van der Waals surface area contributed by atoms with E-state index in [1.54, 1.807) is 0 Å². The van der Waals surface area contributed by atoms with Crippen LogP contribution in [-0.4, -0.2) is 28.0 Å². The zero-order valence-electron chi connectivity index (χ0n) is 25.3. The lowest BCUT2D eigenvalue weighted by Crippen LogP contribution is -2.75. The third-order valence-corrected chi connectivity index (χ3v) is 16.5. The summed E-state index contributed by atoms with van der Waals surface area (Å²) in [4.78, 5) is 0. The van der Waals surface area contributed by atoms with E-state index < -0.39 is 38.9 Å². The first-order valence-electron chi connectivity index (χ1n) is 14.4. The van der Waals surface area contributed by atoms with Gasteiger partial charge in [0.05, 0.1) is 0 Å². The molecule has 0 bridgehead atoms. The van der Waals surface area contributed by atoms with Crippen LogP contribution in [0.1, 0.15) is 41.5 Å². The maximum atomic E-state index is 7.85. The van der Waals surface area contributed by atoms with Gasteiger partial charge in [0, 0.05) is 0 Å². The second kappa shape index (κ2) is 12.1. The van der Waals surface area contributed by atoms with Crippen LogP contribution in [0.25, 0.3) is 0 Å². The Kier molecular flexibility index (Phi) is 8.96. The van der Waals surface area contributed by atoms with E-state index in [9.17, 15) is 0 Å². The molecule has 4 aromatic rings. The van der Waals surface area contributed by atoms with E-state index in [1.165, 1.54) is 20.7 Å². The fourth-order valence-electron chi connectivity index (χ4n) is 6.11. The first-order valence-corrected chi connectivity index (χ1v) is 17.8. The van der Waals surface area contributed by atoms with Crippen molar-refractivity contribution in [2.45, 2.75) is 52.0 Å². The number of hydrogen-bond donors (Lipinski definition) is 0. The third kappa shape index (κ3) is 5.77. The normalized spacial score (nSPS) is 15.0. The Bertz CT molecular complexity index is 1290. The predicted octanol–water partition coefficient (Wildman–Crippen LogP) is 5.00. The van der Waals surface area contributed by atoms with E-state index in [1.807, 2.05) is 0 Å². The number of hydrogen-bond acceptors (Lipinski definition) is 1. The molecule has 0 heterocycles. The quantitative estimate of drug-likeness (QED) is 0.214. The van der Waals surface area contributed by atoms with Crippen LogP contribution >= 0.6 is 0 Å².